The van der Waals surface area contributed by atoms with Crippen LogP contribution >= 0.6 is 0 Å². The predicted octanol–water partition coefficient (Wildman–Crippen LogP) is 3.06. The van der Waals surface area contributed by atoms with Crippen molar-refractivity contribution in [1.82, 2.24) is 4.90 Å². The number of nitrogens with zero attached hydrogens (tertiary/aromatic N) is 1. The van der Waals surface area contributed by atoms with Crippen LogP contribution in [0.15, 0.2) is 36.0 Å². The molecule has 142 valence electrons. The molecule has 2 rings (SSSR count). The van der Waals surface area contributed by atoms with Crippen LogP contribution in [0.25, 0.3) is 0 Å². The molecule has 0 bridgehead atoms. The maximum absolute atomic E-state index is 12.1. The lowest BCUT2D eigenvalue weighted by atomic mass is 9.79. The zero-order chi connectivity index (χ0) is 19.5. The maximum Gasteiger partial charge on any atom is 0.251 e. The second-order valence-electron chi connectivity index (χ2n) is 7.09. The molecule has 1 aliphatic heterocycles. The monoisotopic (exact) mass is 363 g/mol. The van der Waals surface area contributed by atoms with Crippen molar-refractivity contribution >= 4 is 11.8 Å². The lowest BCUT2D eigenvalue weighted by molar-refractivity contribution is -0.394. The van der Waals surface area contributed by atoms with Crippen LogP contribution in [-0.2, 0) is 25.0 Å². The van der Waals surface area contributed by atoms with Crippen LogP contribution in [0.4, 0.5) is 0 Å². The molecule has 1 atom stereocenters. The van der Waals surface area contributed by atoms with E-state index in [0.717, 1.165) is 4.90 Å². The summed E-state index contributed by atoms with van der Waals surface area (Å²) in [6.45, 7) is 5.62. The predicted molar refractivity (Wildman–Crippen MR) is 94.0 cm³/mol. The minimum absolute atomic E-state index is 0.159. The van der Waals surface area contributed by atoms with Crippen molar-refractivity contribution in [3.05, 3.63) is 41.6 Å². The third-order valence-electron chi connectivity index (χ3n) is 4.38. The van der Waals surface area contributed by atoms with Gasteiger partial charge in [0, 0.05) is 37.3 Å². The molecule has 1 heterocycles. The van der Waals surface area contributed by atoms with E-state index in [4.69, 9.17) is 14.4 Å². The molecule has 2 amide bonds. The molecule has 0 saturated carbocycles. The molecule has 1 fully saturated rings. The molecule has 0 spiro atoms. The van der Waals surface area contributed by atoms with Gasteiger partial charge in [0.1, 0.15) is 5.75 Å². The van der Waals surface area contributed by atoms with Gasteiger partial charge in [0.05, 0.1) is 7.11 Å². The van der Waals surface area contributed by atoms with Gasteiger partial charge in [-0.2, -0.15) is 4.89 Å². The van der Waals surface area contributed by atoms with Crippen molar-refractivity contribution < 1.29 is 29.2 Å². The average molecular weight is 363 g/mol. The number of benzene rings is 1. The highest BCUT2D eigenvalue weighted by Crippen LogP contribution is 2.44. The Bertz CT molecular complexity index is 699. The van der Waals surface area contributed by atoms with Gasteiger partial charge in [0.2, 0.25) is 11.8 Å². The molecular formula is C19H25NO6. The number of hydrogen-bond acceptors (Lipinski definition) is 6. The smallest absolute Gasteiger partial charge is 0.251 e. The Balaban J connectivity index is 2.68. The molecule has 7 heteroatoms. The van der Waals surface area contributed by atoms with Gasteiger partial charge in [-0.05, 0) is 17.5 Å². The van der Waals surface area contributed by atoms with E-state index >= 15 is 0 Å². The topological polar surface area (TPSA) is 85.3 Å². The SMILES string of the molecule is COc1cccc(C(OC)(OO)/C(=C\N2C(=O)CCC2=O)C(C)(C)C)c1. The average Bonchev–Trinajstić information content (AvgIpc) is 2.93. The number of rotatable bonds is 6. The first-order valence-corrected chi connectivity index (χ1v) is 8.29. The molecule has 26 heavy (non-hydrogen) atoms. The standard InChI is InChI=1S/C19H25NO6/c1-18(2,3)15(12-20-16(21)9-10-17(20)22)19(25-5,26-23)13-7-6-8-14(11-13)24-4/h6-8,11-12,23H,9-10H2,1-5H3/b15-12-. The largest absolute Gasteiger partial charge is 0.497 e. The first-order valence-electron chi connectivity index (χ1n) is 8.29. The van der Waals surface area contributed by atoms with E-state index < -0.39 is 11.2 Å². The molecule has 1 saturated heterocycles. The Morgan fingerprint density at radius 2 is 1.77 bits per heavy atom. The molecule has 0 aliphatic carbocycles. The van der Waals surface area contributed by atoms with Gasteiger partial charge < -0.3 is 9.47 Å². The normalized spacial score (nSPS) is 18.2. The van der Waals surface area contributed by atoms with E-state index in [9.17, 15) is 14.8 Å². The molecule has 1 unspecified atom stereocenters. The highest BCUT2D eigenvalue weighted by Gasteiger charge is 2.45. The van der Waals surface area contributed by atoms with Gasteiger partial charge in [-0.3, -0.25) is 14.5 Å². The van der Waals surface area contributed by atoms with Crippen LogP contribution < -0.4 is 4.74 Å². The van der Waals surface area contributed by atoms with Crippen LogP contribution in [0.1, 0.15) is 39.2 Å². The number of methoxy groups -OCH3 is 2. The van der Waals surface area contributed by atoms with Crippen molar-refractivity contribution in [2.75, 3.05) is 14.2 Å². The minimum atomic E-state index is -1.71. The Morgan fingerprint density at radius 1 is 1.15 bits per heavy atom. The third-order valence-corrected chi connectivity index (χ3v) is 4.38. The second kappa shape index (κ2) is 7.57. The van der Waals surface area contributed by atoms with Crippen molar-refractivity contribution in [2.45, 2.75) is 39.4 Å². The first kappa shape index (κ1) is 20.1. The molecule has 1 aliphatic rings. The van der Waals surface area contributed by atoms with E-state index in [0.29, 0.717) is 16.9 Å². The summed E-state index contributed by atoms with van der Waals surface area (Å²) in [6.07, 6.45) is 1.73. The highest BCUT2D eigenvalue weighted by molar-refractivity contribution is 6.03. The molecule has 7 nitrogen and oxygen atoms in total. The number of amides is 2. The quantitative estimate of drug-likeness (QED) is 0.362. The summed E-state index contributed by atoms with van der Waals surface area (Å²) in [5.74, 6) is -1.77. The van der Waals surface area contributed by atoms with Gasteiger partial charge in [-0.25, -0.2) is 5.26 Å². The molecule has 0 radical (unpaired) electrons. The fourth-order valence-corrected chi connectivity index (χ4v) is 2.99. The van der Waals surface area contributed by atoms with Crippen molar-refractivity contribution in [1.29, 1.82) is 0 Å². The number of imide groups is 1. The zero-order valence-corrected chi connectivity index (χ0v) is 15.7. The molecular weight excluding hydrogens is 338 g/mol. The Kier molecular flexibility index (Phi) is 5.85. The van der Waals surface area contributed by atoms with Crippen LogP contribution in [0.3, 0.4) is 0 Å². The summed E-state index contributed by atoms with van der Waals surface area (Å²) in [5, 5.41) is 9.84. The van der Waals surface area contributed by atoms with Crippen LogP contribution in [0, 0.1) is 5.41 Å². The number of likely N-dealkylation sites (tertiary alicyclic amines) is 1. The summed E-state index contributed by atoms with van der Waals surface area (Å²) in [6, 6.07) is 6.84. The van der Waals surface area contributed by atoms with E-state index in [2.05, 4.69) is 0 Å². The van der Waals surface area contributed by atoms with Gasteiger partial charge in [-0.1, -0.05) is 32.9 Å². The lowest BCUT2D eigenvalue weighted by Gasteiger charge is -2.38. The Labute approximate surface area is 153 Å². The Hall–Kier alpha value is -2.22. The van der Waals surface area contributed by atoms with E-state index in [-0.39, 0.29) is 24.7 Å². The van der Waals surface area contributed by atoms with Crippen LogP contribution in [0.2, 0.25) is 0 Å². The van der Waals surface area contributed by atoms with Gasteiger partial charge in [0.15, 0.2) is 0 Å². The first-order chi connectivity index (χ1) is 12.2. The summed E-state index contributed by atoms with van der Waals surface area (Å²) in [7, 11) is 2.90. The van der Waals surface area contributed by atoms with Gasteiger partial charge >= 0.3 is 0 Å². The highest BCUT2D eigenvalue weighted by atomic mass is 17.1. The maximum atomic E-state index is 12.1. The van der Waals surface area contributed by atoms with Gasteiger partial charge in [-0.15, -0.1) is 0 Å². The van der Waals surface area contributed by atoms with E-state index in [1.165, 1.54) is 20.4 Å². The van der Waals surface area contributed by atoms with Crippen molar-refractivity contribution in [3.63, 3.8) is 0 Å². The van der Waals surface area contributed by atoms with Gasteiger partial charge in [0.25, 0.3) is 5.79 Å². The molecule has 1 aromatic carbocycles. The van der Waals surface area contributed by atoms with Crippen LogP contribution in [-0.4, -0.2) is 36.2 Å². The van der Waals surface area contributed by atoms with Crippen LogP contribution in [0.5, 0.6) is 5.75 Å². The molecule has 0 aromatic heterocycles. The zero-order valence-electron chi connectivity index (χ0n) is 15.7. The third kappa shape index (κ3) is 3.65. The number of carbonyl (C=O) groups excluding carboxylic acids is 2. The van der Waals surface area contributed by atoms with E-state index in [1.807, 2.05) is 20.8 Å². The Morgan fingerprint density at radius 3 is 2.23 bits per heavy atom. The minimum Gasteiger partial charge on any atom is -0.497 e. The number of carbonyl (C=O) groups is 2. The summed E-state index contributed by atoms with van der Waals surface area (Å²) >= 11 is 0. The second-order valence-corrected chi connectivity index (χ2v) is 7.09. The summed E-state index contributed by atoms with van der Waals surface area (Å²) in [4.78, 5) is 30.1. The lowest BCUT2D eigenvalue weighted by Crippen LogP contribution is -2.40. The number of ether oxygens (including phenoxy) is 2. The van der Waals surface area contributed by atoms with E-state index in [1.54, 1.807) is 24.3 Å². The number of hydrogen-bond donors (Lipinski definition) is 1. The summed E-state index contributed by atoms with van der Waals surface area (Å²) < 4.78 is 10.8. The van der Waals surface area contributed by atoms with Crippen molar-refractivity contribution in [2.24, 2.45) is 5.41 Å². The summed E-state index contributed by atoms with van der Waals surface area (Å²) in [5.41, 5.74) is 0.263. The van der Waals surface area contributed by atoms with Crippen molar-refractivity contribution in [3.8, 4) is 5.75 Å². The fourth-order valence-electron chi connectivity index (χ4n) is 2.99. The molecule has 1 N–H and O–H groups in total. The fraction of sp³-hybridized carbons (Fsp3) is 0.474. The molecule has 1 aromatic rings.